The van der Waals surface area contributed by atoms with E-state index in [0.717, 1.165) is 0 Å². The van der Waals surface area contributed by atoms with Gasteiger partial charge >= 0.3 is 0 Å². The second-order valence-electron chi connectivity index (χ2n) is 3.56. The molecule has 0 spiro atoms. The maximum absolute atomic E-state index is 13.3. The summed E-state index contributed by atoms with van der Waals surface area (Å²) in [5, 5.41) is 9.89. The van der Waals surface area contributed by atoms with Crippen LogP contribution in [0.15, 0.2) is 28.7 Å². The van der Waals surface area contributed by atoms with Crippen LogP contribution < -0.4 is 0 Å². The number of halogens is 1. The van der Waals surface area contributed by atoms with Crippen molar-refractivity contribution in [1.82, 2.24) is 0 Å². The molecule has 0 aliphatic heterocycles. The molecule has 0 bridgehead atoms. The largest absolute Gasteiger partial charge is 0.450 e. The summed E-state index contributed by atoms with van der Waals surface area (Å²) in [6, 6.07) is 5.89. The molecule has 0 aliphatic carbocycles. The minimum Gasteiger partial charge on any atom is -0.450 e. The van der Waals surface area contributed by atoms with Crippen molar-refractivity contribution in [3.63, 3.8) is 0 Å². The van der Waals surface area contributed by atoms with Crippen LogP contribution in [0, 0.1) is 5.82 Å². The number of carbonyl (C=O) groups excluding carboxylic acids is 1. The zero-order chi connectivity index (χ0) is 11.7. The van der Waals surface area contributed by atoms with Crippen molar-refractivity contribution in [2.24, 2.45) is 0 Å². The summed E-state index contributed by atoms with van der Waals surface area (Å²) in [6.07, 6.45) is -0.790. The van der Waals surface area contributed by atoms with E-state index in [9.17, 15) is 14.3 Å². The first-order valence-electron chi connectivity index (χ1n) is 5.03. The number of hydrogen-bond acceptors (Lipinski definition) is 3. The Balaban J connectivity index is 2.48. The second kappa shape index (κ2) is 4.06. The fourth-order valence-electron chi connectivity index (χ4n) is 1.50. The number of hydrogen-bond donors (Lipinski definition) is 1. The van der Waals surface area contributed by atoms with Crippen LogP contribution in [0.1, 0.15) is 23.9 Å². The third-order valence-corrected chi connectivity index (χ3v) is 2.43. The van der Waals surface area contributed by atoms with E-state index in [1.165, 1.54) is 18.2 Å². The van der Waals surface area contributed by atoms with Gasteiger partial charge in [-0.15, -0.1) is 0 Å². The van der Waals surface area contributed by atoms with Gasteiger partial charge in [0, 0.05) is 5.39 Å². The highest BCUT2D eigenvalue weighted by atomic mass is 19.1. The number of para-hydroxylation sites is 1. The molecule has 2 rings (SSSR count). The topological polar surface area (TPSA) is 50.4 Å². The van der Waals surface area contributed by atoms with Crippen molar-refractivity contribution in [3.8, 4) is 0 Å². The number of fused-ring (bicyclic) bond motifs is 1. The van der Waals surface area contributed by atoms with E-state index in [4.69, 9.17) is 4.42 Å². The summed E-state index contributed by atoms with van der Waals surface area (Å²) >= 11 is 0. The summed E-state index contributed by atoms with van der Waals surface area (Å²) < 4.78 is 18.4. The number of rotatable bonds is 3. The number of benzene rings is 1. The Morgan fingerprint density at radius 2 is 2.31 bits per heavy atom. The zero-order valence-corrected chi connectivity index (χ0v) is 8.74. The van der Waals surface area contributed by atoms with E-state index in [-0.39, 0.29) is 11.3 Å². The van der Waals surface area contributed by atoms with E-state index in [1.807, 2.05) is 0 Å². The third-order valence-electron chi connectivity index (χ3n) is 2.43. The van der Waals surface area contributed by atoms with Gasteiger partial charge in [0.25, 0.3) is 0 Å². The highest BCUT2D eigenvalue weighted by molar-refractivity contribution is 6.00. The summed E-state index contributed by atoms with van der Waals surface area (Å²) in [4.78, 5) is 11.6. The molecule has 0 saturated heterocycles. The molecule has 0 radical (unpaired) electrons. The Bertz CT molecular complexity index is 530. The van der Waals surface area contributed by atoms with Crippen LogP contribution in [0.4, 0.5) is 4.39 Å². The lowest BCUT2D eigenvalue weighted by molar-refractivity contribution is 0.0713. The molecular formula is C12H11FO3. The van der Waals surface area contributed by atoms with E-state index in [1.54, 1.807) is 13.0 Å². The number of aliphatic hydroxyl groups is 1. The molecule has 84 valence electrons. The van der Waals surface area contributed by atoms with Crippen molar-refractivity contribution in [3.05, 3.63) is 35.8 Å². The van der Waals surface area contributed by atoms with E-state index in [2.05, 4.69) is 0 Å². The van der Waals surface area contributed by atoms with Gasteiger partial charge in [0.15, 0.2) is 17.2 Å². The minimum atomic E-state index is -1.09. The summed E-state index contributed by atoms with van der Waals surface area (Å²) in [5.74, 6) is -1.03. The Morgan fingerprint density at radius 3 is 2.94 bits per heavy atom. The van der Waals surface area contributed by atoms with Gasteiger partial charge < -0.3 is 9.52 Å². The van der Waals surface area contributed by atoms with Gasteiger partial charge in [0.1, 0.15) is 6.10 Å². The predicted octanol–water partition coefficient (Wildman–Crippen LogP) is 2.53. The fourth-order valence-corrected chi connectivity index (χ4v) is 1.50. The standard InChI is InChI=1S/C12H11FO3/c1-2-9(14)11(15)10-6-7-4-3-5-8(13)12(7)16-10/h3-6,9,14H,2H2,1H3. The van der Waals surface area contributed by atoms with Gasteiger partial charge in [-0.05, 0) is 18.6 Å². The van der Waals surface area contributed by atoms with Crippen molar-refractivity contribution in [2.75, 3.05) is 0 Å². The third kappa shape index (κ3) is 1.72. The molecule has 1 atom stereocenters. The van der Waals surface area contributed by atoms with Crippen LogP contribution in [-0.2, 0) is 0 Å². The lowest BCUT2D eigenvalue weighted by atomic mass is 10.1. The fraction of sp³-hybridized carbons (Fsp3) is 0.250. The van der Waals surface area contributed by atoms with Crippen molar-refractivity contribution in [2.45, 2.75) is 19.4 Å². The van der Waals surface area contributed by atoms with Gasteiger partial charge in [-0.3, -0.25) is 4.79 Å². The maximum atomic E-state index is 13.3. The number of aliphatic hydroxyl groups excluding tert-OH is 1. The molecule has 1 unspecified atom stereocenters. The molecule has 3 nitrogen and oxygen atoms in total. The predicted molar refractivity (Wildman–Crippen MR) is 56.8 cm³/mol. The SMILES string of the molecule is CCC(O)C(=O)c1cc2cccc(F)c2o1. The number of furan rings is 1. The van der Waals surface area contributed by atoms with Gasteiger partial charge in [0.2, 0.25) is 5.78 Å². The monoisotopic (exact) mass is 222 g/mol. The molecule has 16 heavy (non-hydrogen) atoms. The first-order valence-corrected chi connectivity index (χ1v) is 5.03. The summed E-state index contributed by atoms with van der Waals surface area (Å²) in [5.41, 5.74) is 0.0501. The Morgan fingerprint density at radius 1 is 1.56 bits per heavy atom. The maximum Gasteiger partial charge on any atom is 0.226 e. The molecule has 0 saturated carbocycles. The van der Waals surface area contributed by atoms with Crippen LogP contribution in [0.2, 0.25) is 0 Å². The molecule has 1 aromatic carbocycles. The quantitative estimate of drug-likeness (QED) is 0.812. The highest BCUT2D eigenvalue weighted by Crippen LogP contribution is 2.23. The van der Waals surface area contributed by atoms with Crippen LogP contribution in [0.5, 0.6) is 0 Å². The zero-order valence-electron chi connectivity index (χ0n) is 8.74. The van der Waals surface area contributed by atoms with Crippen molar-refractivity contribution in [1.29, 1.82) is 0 Å². The van der Waals surface area contributed by atoms with Crippen LogP contribution in [0.25, 0.3) is 11.0 Å². The van der Waals surface area contributed by atoms with E-state index in [0.29, 0.717) is 11.8 Å². The number of carbonyl (C=O) groups is 1. The van der Waals surface area contributed by atoms with E-state index < -0.39 is 17.7 Å². The number of ketones is 1. The van der Waals surface area contributed by atoms with Crippen LogP contribution >= 0.6 is 0 Å². The van der Waals surface area contributed by atoms with Gasteiger partial charge in [-0.2, -0.15) is 0 Å². The smallest absolute Gasteiger partial charge is 0.226 e. The molecule has 0 aliphatic rings. The Hall–Kier alpha value is -1.68. The minimum absolute atomic E-state index is 0.00514. The van der Waals surface area contributed by atoms with Crippen molar-refractivity contribution >= 4 is 16.8 Å². The normalized spacial score (nSPS) is 12.9. The molecular weight excluding hydrogens is 211 g/mol. The lowest BCUT2D eigenvalue weighted by Crippen LogP contribution is -2.18. The van der Waals surface area contributed by atoms with Crippen LogP contribution in [0.3, 0.4) is 0 Å². The van der Waals surface area contributed by atoms with Crippen molar-refractivity contribution < 1.29 is 18.7 Å². The van der Waals surface area contributed by atoms with Gasteiger partial charge in [-0.1, -0.05) is 19.1 Å². The first kappa shape index (κ1) is 10.8. The summed E-state index contributed by atoms with van der Waals surface area (Å²) in [6.45, 7) is 1.69. The molecule has 1 heterocycles. The highest BCUT2D eigenvalue weighted by Gasteiger charge is 2.20. The number of Topliss-reactive ketones (excluding diaryl/α,β-unsaturated/α-hetero) is 1. The average molecular weight is 222 g/mol. The first-order chi connectivity index (χ1) is 7.63. The van der Waals surface area contributed by atoms with E-state index >= 15 is 0 Å². The average Bonchev–Trinajstić information content (AvgIpc) is 2.72. The van der Waals surface area contributed by atoms with Gasteiger partial charge in [-0.25, -0.2) is 4.39 Å². The Labute approximate surface area is 91.5 Å². The molecule has 4 heteroatoms. The molecule has 0 amide bonds. The van der Waals surface area contributed by atoms with Gasteiger partial charge in [0.05, 0.1) is 0 Å². The summed E-state index contributed by atoms with van der Waals surface area (Å²) in [7, 11) is 0. The molecule has 0 fully saturated rings. The molecule has 2 aromatic rings. The Kier molecular flexibility index (Phi) is 2.75. The molecule has 1 aromatic heterocycles. The lowest BCUT2D eigenvalue weighted by Gasteiger charge is -2.02. The molecule has 1 N–H and O–H groups in total. The second-order valence-corrected chi connectivity index (χ2v) is 3.56. The van der Waals surface area contributed by atoms with Crippen LogP contribution in [-0.4, -0.2) is 17.0 Å².